The lowest BCUT2D eigenvalue weighted by atomic mass is 10.2. The van der Waals surface area contributed by atoms with Crippen LogP contribution < -0.4 is 0 Å². The molecule has 54 valence electrons. The van der Waals surface area contributed by atoms with Crippen LogP contribution in [0.2, 0.25) is 0 Å². The molecule has 10 heavy (non-hydrogen) atoms. The molecular weight excluding hydrogens is 126 g/mol. The Balaban J connectivity index is 0.000000371. The Hall–Kier alpha value is -1.18. The van der Waals surface area contributed by atoms with E-state index in [1.54, 1.807) is 0 Å². The van der Waals surface area contributed by atoms with E-state index in [1.165, 1.54) is 11.1 Å². The molecule has 0 saturated heterocycles. The van der Waals surface area contributed by atoms with Crippen molar-refractivity contribution in [1.82, 2.24) is 4.98 Å². The van der Waals surface area contributed by atoms with Crippen LogP contribution in [0.4, 0.5) is 0 Å². The Labute approximate surface area is 60.9 Å². The summed E-state index contributed by atoms with van der Waals surface area (Å²) in [4.78, 5) is 12.0. The molecule has 0 aliphatic heterocycles. The number of rotatable bonds is 0. The molecule has 0 radical (unpaired) electrons. The summed E-state index contributed by atoms with van der Waals surface area (Å²) in [6, 6.07) is 2.10. The van der Waals surface area contributed by atoms with Crippen LogP contribution in [0.1, 0.15) is 11.1 Å². The first-order valence-corrected chi connectivity index (χ1v) is 2.96. The van der Waals surface area contributed by atoms with Gasteiger partial charge in [0.1, 0.15) is 6.79 Å². The van der Waals surface area contributed by atoms with E-state index in [4.69, 9.17) is 4.79 Å². The monoisotopic (exact) mass is 137 g/mol. The van der Waals surface area contributed by atoms with E-state index in [1.807, 2.05) is 33.0 Å². The molecule has 1 rings (SSSR count). The van der Waals surface area contributed by atoms with E-state index in [2.05, 4.69) is 11.1 Å². The summed E-state index contributed by atoms with van der Waals surface area (Å²) in [6.45, 7) is 6.08. The third-order valence-electron chi connectivity index (χ3n) is 1.01. The van der Waals surface area contributed by atoms with Crippen LogP contribution in [0, 0.1) is 13.8 Å². The fraction of sp³-hybridized carbons (Fsp3) is 0.250. The van der Waals surface area contributed by atoms with Gasteiger partial charge in [-0.05, 0) is 25.0 Å². The van der Waals surface area contributed by atoms with Crippen molar-refractivity contribution in [2.24, 2.45) is 0 Å². The number of aryl methyl sites for hydroxylation is 2. The maximum atomic E-state index is 8.00. The molecular formula is C8H11NO. The van der Waals surface area contributed by atoms with Gasteiger partial charge in [-0.3, -0.25) is 4.98 Å². The topological polar surface area (TPSA) is 30.0 Å². The Morgan fingerprint density at radius 1 is 1.20 bits per heavy atom. The molecule has 0 aromatic carbocycles. The highest BCUT2D eigenvalue weighted by Crippen LogP contribution is 1.96. The smallest absolute Gasteiger partial charge is 0.106 e. The Kier molecular flexibility index (Phi) is 4.12. The first kappa shape index (κ1) is 8.82. The first-order chi connectivity index (χ1) is 4.79. The molecule has 0 saturated carbocycles. The molecule has 0 aliphatic carbocycles. The maximum absolute atomic E-state index is 8.00. The van der Waals surface area contributed by atoms with Crippen LogP contribution in [0.25, 0.3) is 0 Å². The third-order valence-corrected chi connectivity index (χ3v) is 1.01. The minimum atomic E-state index is 1.23. The third kappa shape index (κ3) is 2.97. The molecule has 2 heteroatoms. The van der Waals surface area contributed by atoms with Crippen molar-refractivity contribution in [2.45, 2.75) is 13.8 Å². The second-order valence-electron chi connectivity index (χ2n) is 2.04. The van der Waals surface area contributed by atoms with Crippen molar-refractivity contribution in [2.75, 3.05) is 0 Å². The molecule has 0 unspecified atom stereocenters. The SMILES string of the molecule is C=O.Cc1cncc(C)c1. The van der Waals surface area contributed by atoms with Crippen molar-refractivity contribution in [3.8, 4) is 0 Å². The Morgan fingerprint density at radius 3 is 1.80 bits per heavy atom. The van der Waals surface area contributed by atoms with Gasteiger partial charge in [0.25, 0.3) is 0 Å². The van der Waals surface area contributed by atoms with E-state index >= 15 is 0 Å². The standard InChI is InChI=1S/C7H9N.CH2O/c1-6-3-7(2)5-8-4-6;1-2/h3-5H,1-2H3;1H2. The molecule has 1 aromatic heterocycles. The molecule has 0 atom stereocenters. The maximum Gasteiger partial charge on any atom is 0.106 e. The summed E-state index contributed by atoms with van der Waals surface area (Å²) in [5, 5.41) is 0. The van der Waals surface area contributed by atoms with Gasteiger partial charge in [0.15, 0.2) is 0 Å². The van der Waals surface area contributed by atoms with Gasteiger partial charge in [0.05, 0.1) is 0 Å². The summed E-state index contributed by atoms with van der Waals surface area (Å²) in [7, 11) is 0. The molecule has 0 fully saturated rings. The van der Waals surface area contributed by atoms with Crippen LogP contribution in [0.15, 0.2) is 18.5 Å². The van der Waals surface area contributed by atoms with Gasteiger partial charge in [-0.25, -0.2) is 0 Å². The van der Waals surface area contributed by atoms with E-state index in [-0.39, 0.29) is 0 Å². The van der Waals surface area contributed by atoms with Gasteiger partial charge in [0, 0.05) is 12.4 Å². The zero-order valence-corrected chi connectivity index (χ0v) is 6.29. The van der Waals surface area contributed by atoms with Gasteiger partial charge in [-0.15, -0.1) is 0 Å². The van der Waals surface area contributed by atoms with Crippen molar-refractivity contribution < 1.29 is 4.79 Å². The average molecular weight is 137 g/mol. The normalized spacial score (nSPS) is 7.80. The molecule has 0 bridgehead atoms. The molecule has 0 aliphatic rings. The summed E-state index contributed by atoms with van der Waals surface area (Å²) in [5.41, 5.74) is 2.45. The molecule has 0 amide bonds. The minimum absolute atomic E-state index is 1.23. The highest BCUT2D eigenvalue weighted by Gasteiger charge is 1.81. The number of carbonyl (C=O) groups excluding carboxylic acids is 1. The molecule has 1 aromatic rings. The van der Waals surface area contributed by atoms with E-state index in [0.717, 1.165) is 0 Å². The quantitative estimate of drug-likeness (QED) is 0.542. The van der Waals surface area contributed by atoms with Crippen molar-refractivity contribution in [3.63, 3.8) is 0 Å². The highest BCUT2D eigenvalue weighted by molar-refractivity contribution is 5.14. The molecule has 0 N–H and O–H groups in total. The lowest BCUT2D eigenvalue weighted by Crippen LogP contribution is -1.76. The van der Waals surface area contributed by atoms with E-state index in [0.29, 0.717) is 0 Å². The van der Waals surface area contributed by atoms with Crippen LogP contribution in [-0.2, 0) is 4.79 Å². The van der Waals surface area contributed by atoms with Gasteiger partial charge in [0.2, 0.25) is 0 Å². The van der Waals surface area contributed by atoms with Gasteiger partial charge in [-0.2, -0.15) is 0 Å². The Bertz CT molecular complexity index is 181. The Morgan fingerprint density at radius 2 is 1.60 bits per heavy atom. The number of hydrogen-bond acceptors (Lipinski definition) is 2. The molecule has 0 spiro atoms. The number of nitrogens with zero attached hydrogens (tertiary/aromatic N) is 1. The second-order valence-corrected chi connectivity index (χ2v) is 2.04. The summed E-state index contributed by atoms with van der Waals surface area (Å²) in [5.74, 6) is 0. The average Bonchev–Trinajstić information content (AvgIpc) is 1.91. The number of pyridine rings is 1. The number of carbonyl (C=O) groups is 1. The van der Waals surface area contributed by atoms with Crippen LogP contribution in [0.5, 0.6) is 0 Å². The van der Waals surface area contributed by atoms with Crippen molar-refractivity contribution in [3.05, 3.63) is 29.6 Å². The van der Waals surface area contributed by atoms with Crippen LogP contribution in [0.3, 0.4) is 0 Å². The van der Waals surface area contributed by atoms with Gasteiger partial charge < -0.3 is 4.79 Å². The predicted octanol–water partition coefficient (Wildman–Crippen LogP) is 1.51. The molecule has 2 nitrogen and oxygen atoms in total. The fourth-order valence-corrected chi connectivity index (χ4v) is 0.706. The second kappa shape index (κ2) is 4.68. The minimum Gasteiger partial charge on any atom is -0.307 e. The highest BCUT2D eigenvalue weighted by atomic mass is 16.1. The summed E-state index contributed by atoms with van der Waals surface area (Å²) >= 11 is 0. The van der Waals surface area contributed by atoms with Crippen molar-refractivity contribution >= 4 is 6.79 Å². The van der Waals surface area contributed by atoms with Crippen LogP contribution >= 0.6 is 0 Å². The summed E-state index contributed by atoms with van der Waals surface area (Å²) < 4.78 is 0. The predicted molar refractivity (Wildman–Crippen MR) is 40.8 cm³/mol. The zero-order chi connectivity index (χ0) is 7.98. The largest absolute Gasteiger partial charge is 0.307 e. The van der Waals surface area contributed by atoms with E-state index < -0.39 is 0 Å². The van der Waals surface area contributed by atoms with E-state index in [9.17, 15) is 0 Å². The van der Waals surface area contributed by atoms with Gasteiger partial charge in [-0.1, -0.05) is 6.07 Å². The lowest BCUT2D eigenvalue weighted by molar-refractivity contribution is -0.0979. The first-order valence-electron chi connectivity index (χ1n) is 2.96. The zero-order valence-electron chi connectivity index (χ0n) is 6.29. The molecule has 1 heterocycles. The number of hydrogen-bond donors (Lipinski definition) is 0. The number of aromatic nitrogens is 1. The summed E-state index contributed by atoms with van der Waals surface area (Å²) in [6.07, 6.45) is 3.71. The van der Waals surface area contributed by atoms with Crippen LogP contribution in [-0.4, -0.2) is 11.8 Å². The lowest BCUT2D eigenvalue weighted by Gasteiger charge is -1.89. The van der Waals surface area contributed by atoms with Gasteiger partial charge >= 0.3 is 0 Å². The fourth-order valence-electron chi connectivity index (χ4n) is 0.706. The van der Waals surface area contributed by atoms with Crippen molar-refractivity contribution in [1.29, 1.82) is 0 Å².